The van der Waals surface area contributed by atoms with Crippen molar-refractivity contribution in [3.05, 3.63) is 12.2 Å². The second kappa shape index (κ2) is 1.84. The molecular weight excluding hydrogens is 112 g/mol. The summed E-state index contributed by atoms with van der Waals surface area (Å²) in [5.74, 6) is 1.60. The molecule has 0 aromatic heterocycles. The smallest absolute Gasteiger partial charge is 0.0639 e. The van der Waals surface area contributed by atoms with Crippen molar-refractivity contribution in [2.75, 3.05) is 7.11 Å². The van der Waals surface area contributed by atoms with Crippen molar-refractivity contribution >= 4 is 0 Å². The van der Waals surface area contributed by atoms with Crippen molar-refractivity contribution in [2.45, 2.75) is 18.9 Å². The fourth-order valence-corrected chi connectivity index (χ4v) is 2.00. The third-order valence-electron chi connectivity index (χ3n) is 2.52. The largest absolute Gasteiger partial charge is 0.381 e. The molecule has 0 aromatic rings. The highest BCUT2D eigenvalue weighted by Crippen LogP contribution is 2.40. The van der Waals surface area contributed by atoms with E-state index in [2.05, 4.69) is 12.2 Å². The van der Waals surface area contributed by atoms with Crippen molar-refractivity contribution in [1.29, 1.82) is 0 Å². The topological polar surface area (TPSA) is 9.23 Å². The van der Waals surface area contributed by atoms with Crippen LogP contribution in [0.2, 0.25) is 0 Å². The fraction of sp³-hybridized carbons (Fsp3) is 0.750. The molecule has 0 aliphatic heterocycles. The lowest BCUT2D eigenvalue weighted by atomic mass is 10.1. The van der Waals surface area contributed by atoms with Crippen LogP contribution in [0.25, 0.3) is 0 Å². The van der Waals surface area contributed by atoms with Gasteiger partial charge in [0, 0.05) is 13.0 Å². The van der Waals surface area contributed by atoms with Crippen molar-refractivity contribution in [1.82, 2.24) is 0 Å². The van der Waals surface area contributed by atoms with Gasteiger partial charge in [0.1, 0.15) is 0 Å². The average molecular weight is 124 g/mol. The molecule has 2 rings (SSSR count). The first-order valence-corrected chi connectivity index (χ1v) is 3.61. The van der Waals surface area contributed by atoms with E-state index in [-0.39, 0.29) is 0 Å². The monoisotopic (exact) mass is 124 g/mol. The summed E-state index contributed by atoms with van der Waals surface area (Å²) in [5, 5.41) is 0. The Bertz CT molecular complexity index is 140. The van der Waals surface area contributed by atoms with Crippen LogP contribution in [-0.2, 0) is 4.74 Å². The molecule has 3 unspecified atom stereocenters. The van der Waals surface area contributed by atoms with Crippen molar-refractivity contribution < 1.29 is 4.74 Å². The summed E-state index contributed by atoms with van der Waals surface area (Å²) in [4.78, 5) is 0. The van der Waals surface area contributed by atoms with Crippen molar-refractivity contribution in [3.8, 4) is 0 Å². The predicted molar refractivity (Wildman–Crippen MR) is 36.2 cm³/mol. The van der Waals surface area contributed by atoms with Crippen molar-refractivity contribution in [2.24, 2.45) is 11.8 Å². The van der Waals surface area contributed by atoms with E-state index in [1.54, 1.807) is 0 Å². The number of hydrogen-bond acceptors (Lipinski definition) is 1. The number of methoxy groups -OCH3 is 1. The number of allylic oxidation sites excluding steroid dienone is 1. The van der Waals surface area contributed by atoms with Crippen LogP contribution in [0.5, 0.6) is 0 Å². The van der Waals surface area contributed by atoms with Gasteiger partial charge in [-0.25, -0.2) is 0 Å². The molecule has 1 heteroatoms. The summed E-state index contributed by atoms with van der Waals surface area (Å²) in [5.41, 5.74) is 0. The van der Waals surface area contributed by atoms with Crippen LogP contribution in [-0.4, -0.2) is 13.2 Å². The van der Waals surface area contributed by atoms with Gasteiger partial charge in [-0.05, 0) is 18.8 Å². The van der Waals surface area contributed by atoms with Crippen LogP contribution in [0, 0.1) is 11.8 Å². The summed E-state index contributed by atoms with van der Waals surface area (Å²) in [6.45, 7) is 0. The van der Waals surface area contributed by atoms with E-state index in [1.165, 1.54) is 12.8 Å². The zero-order valence-electron chi connectivity index (χ0n) is 5.71. The van der Waals surface area contributed by atoms with Gasteiger partial charge in [-0.15, -0.1) is 0 Å². The van der Waals surface area contributed by atoms with Gasteiger partial charge in [-0.1, -0.05) is 12.2 Å². The Hall–Kier alpha value is -0.300. The molecule has 2 aliphatic rings. The summed E-state index contributed by atoms with van der Waals surface area (Å²) in [6, 6.07) is 0. The van der Waals surface area contributed by atoms with Crippen LogP contribution in [0.3, 0.4) is 0 Å². The van der Waals surface area contributed by atoms with Gasteiger partial charge in [0.05, 0.1) is 6.10 Å². The quantitative estimate of drug-likeness (QED) is 0.482. The lowest BCUT2D eigenvalue weighted by Crippen LogP contribution is -2.15. The Morgan fingerprint density at radius 1 is 1.33 bits per heavy atom. The van der Waals surface area contributed by atoms with Gasteiger partial charge >= 0.3 is 0 Å². The molecule has 0 aromatic carbocycles. The first-order valence-electron chi connectivity index (χ1n) is 3.61. The molecule has 1 saturated carbocycles. The molecule has 0 heterocycles. The highest BCUT2D eigenvalue weighted by atomic mass is 16.5. The number of ether oxygens (including phenoxy) is 1. The maximum atomic E-state index is 5.29. The molecular formula is C8H12O. The summed E-state index contributed by atoms with van der Waals surface area (Å²) < 4.78 is 5.29. The molecule has 50 valence electrons. The molecule has 9 heavy (non-hydrogen) atoms. The van der Waals surface area contributed by atoms with Crippen LogP contribution >= 0.6 is 0 Å². The van der Waals surface area contributed by atoms with Crippen LogP contribution in [0.1, 0.15) is 12.8 Å². The van der Waals surface area contributed by atoms with E-state index in [1.807, 2.05) is 7.11 Å². The molecule has 3 atom stereocenters. The van der Waals surface area contributed by atoms with E-state index < -0.39 is 0 Å². The second-order valence-corrected chi connectivity index (χ2v) is 3.05. The molecule has 0 amide bonds. The highest BCUT2D eigenvalue weighted by Gasteiger charge is 2.35. The second-order valence-electron chi connectivity index (χ2n) is 3.05. The van der Waals surface area contributed by atoms with E-state index in [0.29, 0.717) is 6.10 Å². The average Bonchev–Trinajstić information content (AvgIpc) is 2.45. The summed E-state index contributed by atoms with van der Waals surface area (Å²) in [6.07, 6.45) is 7.79. The summed E-state index contributed by atoms with van der Waals surface area (Å²) >= 11 is 0. The third-order valence-corrected chi connectivity index (χ3v) is 2.52. The van der Waals surface area contributed by atoms with Crippen molar-refractivity contribution in [3.63, 3.8) is 0 Å². The number of rotatable bonds is 1. The zero-order valence-corrected chi connectivity index (χ0v) is 5.71. The molecule has 2 bridgehead atoms. The van der Waals surface area contributed by atoms with E-state index in [4.69, 9.17) is 4.74 Å². The maximum absolute atomic E-state index is 5.29. The molecule has 2 aliphatic carbocycles. The number of fused-ring (bicyclic) bond motifs is 2. The predicted octanol–water partition coefficient (Wildman–Crippen LogP) is 1.60. The minimum atomic E-state index is 0.542. The Kier molecular flexibility index (Phi) is 1.12. The molecule has 0 saturated heterocycles. The Balaban J connectivity index is 2.10. The van der Waals surface area contributed by atoms with Gasteiger partial charge in [-0.2, -0.15) is 0 Å². The molecule has 1 fully saturated rings. The van der Waals surface area contributed by atoms with E-state index >= 15 is 0 Å². The Morgan fingerprint density at radius 2 is 2.22 bits per heavy atom. The summed E-state index contributed by atoms with van der Waals surface area (Å²) in [7, 11) is 1.82. The fourth-order valence-electron chi connectivity index (χ4n) is 2.00. The molecule has 0 spiro atoms. The van der Waals surface area contributed by atoms with Gasteiger partial charge in [0.25, 0.3) is 0 Å². The lowest BCUT2D eigenvalue weighted by molar-refractivity contribution is 0.0825. The first-order chi connectivity index (χ1) is 4.40. The van der Waals surface area contributed by atoms with Gasteiger partial charge in [0.15, 0.2) is 0 Å². The SMILES string of the molecule is COC1CC2C=CC1C2. The van der Waals surface area contributed by atoms with Crippen LogP contribution in [0.15, 0.2) is 12.2 Å². The Morgan fingerprint density at radius 3 is 2.56 bits per heavy atom. The Labute approximate surface area is 55.7 Å². The molecule has 0 radical (unpaired) electrons. The third kappa shape index (κ3) is 0.715. The van der Waals surface area contributed by atoms with E-state index in [9.17, 15) is 0 Å². The maximum Gasteiger partial charge on any atom is 0.0639 e. The van der Waals surface area contributed by atoms with Gasteiger partial charge in [0.2, 0.25) is 0 Å². The standard InChI is InChI=1S/C8H12O/c1-9-8-5-6-2-3-7(8)4-6/h2-3,6-8H,4-5H2,1H3. The lowest BCUT2D eigenvalue weighted by Gasteiger charge is -2.14. The zero-order chi connectivity index (χ0) is 6.27. The molecule has 1 nitrogen and oxygen atoms in total. The number of hydrogen-bond donors (Lipinski definition) is 0. The van der Waals surface area contributed by atoms with Gasteiger partial charge in [-0.3, -0.25) is 0 Å². The first kappa shape index (κ1) is 5.48. The highest BCUT2D eigenvalue weighted by molar-refractivity contribution is 5.10. The van der Waals surface area contributed by atoms with Crippen LogP contribution < -0.4 is 0 Å². The van der Waals surface area contributed by atoms with Gasteiger partial charge < -0.3 is 4.74 Å². The normalized spacial score (nSPS) is 46.6. The minimum Gasteiger partial charge on any atom is -0.381 e. The van der Waals surface area contributed by atoms with Crippen LogP contribution in [0.4, 0.5) is 0 Å². The van der Waals surface area contributed by atoms with E-state index in [0.717, 1.165) is 11.8 Å². The minimum absolute atomic E-state index is 0.542. The molecule has 0 N–H and O–H groups in total.